The quantitative estimate of drug-likeness (QED) is 0.754. The molecular weight excluding hydrogens is 352 g/mol. The van der Waals surface area contributed by atoms with Gasteiger partial charge in [-0.1, -0.05) is 18.2 Å². The number of nitrogens with zero attached hydrogens (tertiary/aromatic N) is 2. The topological polar surface area (TPSA) is 66.9 Å². The number of amides is 1. The van der Waals surface area contributed by atoms with E-state index >= 15 is 0 Å². The van der Waals surface area contributed by atoms with Crippen molar-refractivity contribution in [1.82, 2.24) is 9.21 Å². The van der Waals surface area contributed by atoms with Gasteiger partial charge in [-0.05, 0) is 42.9 Å². The van der Waals surface area contributed by atoms with E-state index in [9.17, 15) is 13.2 Å². The van der Waals surface area contributed by atoms with Gasteiger partial charge in [-0.15, -0.1) is 0 Å². The molecule has 0 radical (unpaired) electrons. The van der Waals surface area contributed by atoms with Gasteiger partial charge in [-0.25, -0.2) is 8.42 Å². The molecule has 2 fully saturated rings. The van der Waals surface area contributed by atoms with E-state index in [4.69, 9.17) is 4.74 Å². The summed E-state index contributed by atoms with van der Waals surface area (Å²) in [7, 11) is -3.57. The summed E-state index contributed by atoms with van der Waals surface area (Å²) in [6, 6.07) is 6.45. The van der Waals surface area contributed by atoms with E-state index in [2.05, 4.69) is 12.2 Å². The Morgan fingerprint density at radius 1 is 1.04 bits per heavy atom. The molecule has 1 amide bonds. The molecule has 1 aromatic carbocycles. The molecule has 140 valence electrons. The van der Waals surface area contributed by atoms with Crippen LogP contribution in [0.15, 0.2) is 41.3 Å². The lowest BCUT2D eigenvalue weighted by atomic mass is 9.86. The van der Waals surface area contributed by atoms with Crippen molar-refractivity contribution in [3.05, 3.63) is 42.0 Å². The van der Waals surface area contributed by atoms with Crippen molar-refractivity contribution in [3.8, 4) is 0 Å². The van der Waals surface area contributed by atoms with Crippen molar-refractivity contribution in [2.75, 3.05) is 39.4 Å². The zero-order chi connectivity index (χ0) is 18.1. The highest BCUT2D eigenvalue weighted by Crippen LogP contribution is 2.35. The summed E-state index contributed by atoms with van der Waals surface area (Å²) in [4.78, 5) is 14.6. The molecule has 26 heavy (non-hydrogen) atoms. The lowest BCUT2D eigenvalue weighted by molar-refractivity contribution is 0.0302. The summed E-state index contributed by atoms with van der Waals surface area (Å²) in [6.45, 7) is 3.26. The van der Waals surface area contributed by atoms with Crippen LogP contribution in [0.2, 0.25) is 0 Å². The van der Waals surface area contributed by atoms with Gasteiger partial charge >= 0.3 is 0 Å². The molecule has 0 aromatic heterocycles. The number of carbonyl (C=O) groups is 1. The van der Waals surface area contributed by atoms with Gasteiger partial charge < -0.3 is 9.64 Å². The monoisotopic (exact) mass is 376 g/mol. The molecule has 2 saturated heterocycles. The maximum atomic E-state index is 13.1. The summed E-state index contributed by atoms with van der Waals surface area (Å²) in [6.07, 6.45) is 6.20. The Bertz CT molecular complexity index is 799. The average molecular weight is 376 g/mol. The van der Waals surface area contributed by atoms with Crippen LogP contribution >= 0.6 is 0 Å². The molecule has 0 bridgehead atoms. The molecule has 3 aliphatic rings. The molecule has 2 heterocycles. The van der Waals surface area contributed by atoms with E-state index in [-0.39, 0.29) is 10.8 Å². The number of ether oxygens (including phenoxy) is 1. The van der Waals surface area contributed by atoms with Crippen LogP contribution in [0.1, 0.15) is 23.2 Å². The Hall–Kier alpha value is -1.70. The maximum absolute atomic E-state index is 13.1. The molecule has 0 unspecified atom stereocenters. The molecule has 2 aliphatic heterocycles. The van der Waals surface area contributed by atoms with Gasteiger partial charge in [0.05, 0.1) is 18.1 Å². The lowest BCUT2D eigenvalue weighted by Gasteiger charge is -2.27. The van der Waals surface area contributed by atoms with Crippen LogP contribution in [-0.2, 0) is 14.8 Å². The second-order valence-electron chi connectivity index (χ2n) is 7.22. The van der Waals surface area contributed by atoms with Crippen molar-refractivity contribution >= 4 is 15.9 Å². The highest BCUT2D eigenvalue weighted by Gasteiger charge is 2.39. The number of hydrogen-bond donors (Lipinski definition) is 0. The third kappa shape index (κ3) is 3.31. The second-order valence-corrected chi connectivity index (χ2v) is 9.16. The predicted molar refractivity (Wildman–Crippen MR) is 97.3 cm³/mol. The van der Waals surface area contributed by atoms with Crippen molar-refractivity contribution in [3.63, 3.8) is 0 Å². The minimum atomic E-state index is -3.57. The van der Waals surface area contributed by atoms with Gasteiger partial charge in [0.1, 0.15) is 0 Å². The van der Waals surface area contributed by atoms with Crippen molar-refractivity contribution < 1.29 is 17.9 Å². The third-order valence-corrected chi connectivity index (χ3v) is 7.43. The SMILES string of the molecule is O=C(c1cccc(S(=O)(=O)N2C[C@H]3CC=CC[C@H]3C2)c1)N1CCOCC1. The van der Waals surface area contributed by atoms with E-state index in [1.807, 2.05) is 0 Å². The van der Waals surface area contributed by atoms with E-state index < -0.39 is 10.0 Å². The van der Waals surface area contributed by atoms with E-state index in [1.54, 1.807) is 27.4 Å². The van der Waals surface area contributed by atoms with Crippen LogP contribution in [0.25, 0.3) is 0 Å². The van der Waals surface area contributed by atoms with Crippen LogP contribution in [0.4, 0.5) is 0 Å². The molecule has 0 N–H and O–H groups in total. The van der Waals surface area contributed by atoms with Crippen molar-refractivity contribution in [2.45, 2.75) is 17.7 Å². The van der Waals surface area contributed by atoms with E-state index in [0.717, 1.165) is 12.8 Å². The maximum Gasteiger partial charge on any atom is 0.254 e. The van der Waals surface area contributed by atoms with Crippen LogP contribution in [0, 0.1) is 11.8 Å². The number of fused-ring (bicyclic) bond motifs is 1. The molecule has 4 rings (SSSR count). The summed E-state index contributed by atoms with van der Waals surface area (Å²) < 4.78 is 33.0. The van der Waals surface area contributed by atoms with Crippen molar-refractivity contribution in [1.29, 1.82) is 0 Å². The first-order valence-electron chi connectivity index (χ1n) is 9.18. The fraction of sp³-hybridized carbons (Fsp3) is 0.526. The smallest absolute Gasteiger partial charge is 0.254 e. The van der Waals surface area contributed by atoms with Crippen LogP contribution in [0.3, 0.4) is 0 Å². The fourth-order valence-electron chi connectivity index (χ4n) is 4.06. The molecule has 1 aromatic rings. The standard InChI is InChI=1S/C19H24N2O4S/c22-19(20-8-10-25-11-9-20)15-6-3-7-18(12-15)26(23,24)21-13-16-4-1-2-5-17(16)14-21/h1-3,6-7,12,16-17H,4-5,8-11,13-14H2/t16-,17+. The Morgan fingerprint density at radius 3 is 2.35 bits per heavy atom. The highest BCUT2D eigenvalue weighted by molar-refractivity contribution is 7.89. The minimum Gasteiger partial charge on any atom is -0.378 e. The minimum absolute atomic E-state index is 0.135. The van der Waals surface area contributed by atoms with Gasteiger partial charge in [0.25, 0.3) is 5.91 Å². The molecule has 0 saturated carbocycles. The van der Waals surface area contributed by atoms with Gasteiger partial charge in [0.2, 0.25) is 10.0 Å². The number of sulfonamides is 1. The fourth-order valence-corrected chi connectivity index (χ4v) is 5.66. The van der Waals surface area contributed by atoms with Crippen LogP contribution in [-0.4, -0.2) is 62.9 Å². The Balaban J connectivity index is 1.54. The Morgan fingerprint density at radius 2 is 1.69 bits per heavy atom. The number of allylic oxidation sites excluding steroid dienone is 2. The summed E-state index contributed by atoms with van der Waals surface area (Å²) >= 11 is 0. The summed E-state index contributed by atoms with van der Waals surface area (Å²) in [5.41, 5.74) is 0.422. The Labute approximate surface area is 154 Å². The van der Waals surface area contributed by atoms with Gasteiger partial charge in [-0.2, -0.15) is 4.31 Å². The lowest BCUT2D eigenvalue weighted by Crippen LogP contribution is -2.40. The number of morpholine rings is 1. The molecular formula is C19H24N2O4S. The number of benzene rings is 1. The first-order valence-corrected chi connectivity index (χ1v) is 10.6. The molecule has 6 nitrogen and oxygen atoms in total. The normalized spacial score (nSPS) is 26.7. The molecule has 0 spiro atoms. The van der Waals surface area contributed by atoms with Crippen LogP contribution in [0.5, 0.6) is 0 Å². The number of carbonyl (C=O) groups excluding carboxylic acids is 1. The van der Waals surface area contributed by atoms with E-state index in [0.29, 0.717) is 56.8 Å². The van der Waals surface area contributed by atoms with E-state index in [1.165, 1.54) is 6.07 Å². The third-order valence-electron chi connectivity index (χ3n) is 5.60. The summed E-state index contributed by atoms with van der Waals surface area (Å²) in [5, 5.41) is 0. The van der Waals surface area contributed by atoms with Crippen molar-refractivity contribution in [2.24, 2.45) is 11.8 Å². The molecule has 1 aliphatic carbocycles. The first-order chi connectivity index (χ1) is 12.6. The second kappa shape index (κ2) is 7.13. The van der Waals surface area contributed by atoms with Gasteiger partial charge in [0.15, 0.2) is 0 Å². The largest absolute Gasteiger partial charge is 0.378 e. The summed E-state index contributed by atoms with van der Waals surface area (Å²) in [5.74, 6) is 0.686. The highest BCUT2D eigenvalue weighted by atomic mass is 32.2. The van der Waals surface area contributed by atoms with Crippen LogP contribution < -0.4 is 0 Å². The zero-order valence-electron chi connectivity index (χ0n) is 14.7. The zero-order valence-corrected chi connectivity index (χ0v) is 15.5. The molecule has 2 atom stereocenters. The van der Waals surface area contributed by atoms with Gasteiger partial charge in [-0.3, -0.25) is 4.79 Å². The predicted octanol–water partition coefficient (Wildman–Crippen LogP) is 1.75. The Kier molecular flexibility index (Phi) is 4.86. The number of rotatable bonds is 3. The number of hydrogen-bond acceptors (Lipinski definition) is 4. The average Bonchev–Trinajstić information content (AvgIpc) is 3.13. The first kappa shape index (κ1) is 17.7. The van der Waals surface area contributed by atoms with Gasteiger partial charge in [0, 0.05) is 31.7 Å². The molecule has 7 heteroatoms.